The molecule has 1 heterocycles. The molecule has 0 aliphatic carbocycles. The molecule has 1 unspecified atom stereocenters. The predicted octanol–water partition coefficient (Wildman–Crippen LogP) is 4.26. The van der Waals surface area contributed by atoms with E-state index in [2.05, 4.69) is 5.32 Å². The molecule has 1 N–H and O–H groups in total. The zero-order chi connectivity index (χ0) is 17.8. The Hall–Kier alpha value is -2.24. The summed E-state index contributed by atoms with van der Waals surface area (Å²) in [6.45, 7) is 3.50. The van der Waals surface area contributed by atoms with Crippen LogP contribution in [0.2, 0.25) is 5.02 Å². The molecule has 2 aromatic rings. The summed E-state index contributed by atoms with van der Waals surface area (Å²) in [5.74, 6) is 0.640. The minimum atomic E-state index is -0.161. The van der Waals surface area contributed by atoms with E-state index in [9.17, 15) is 4.79 Å². The zero-order valence-electron chi connectivity index (χ0n) is 14.3. The number of anilines is 1. The van der Waals surface area contributed by atoms with E-state index in [0.717, 1.165) is 11.1 Å². The van der Waals surface area contributed by atoms with Crippen LogP contribution in [-0.4, -0.2) is 37.7 Å². The van der Waals surface area contributed by atoms with Crippen molar-refractivity contribution in [1.29, 1.82) is 0 Å². The SMILES string of the molecule is COc1ccc(C)cc1NC(=O)N1CCOC(c2ccc(Cl)cc2)C1. The maximum atomic E-state index is 12.7. The van der Waals surface area contributed by atoms with Crippen molar-refractivity contribution in [2.45, 2.75) is 13.0 Å². The van der Waals surface area contributed by atoms with Gasteiger partial charge in [0.15, 0.2) is 0 Å². The molecule has 1 aliphatic rings. The molecule has 1 atom stereocenters. The molecule has 2 aromatic carbocycles. The van der Waals surface area contributed by atoms with Crippen LogP contribution >= 0.6 is 11.6 Å². The Kier molecular flexibility index (Phi) is 5.46. The Morgan fingerprint density at radius 3 is 2.76 bits per heavy atom. The average molecular weight is 361 g/mol. The molecule has 6 heteroatoms. The molecule has 0 radical (unpaired) electrons. The fourth-order valence-corrected chi connectivity index (χ4v) is 2.95. The monoisotopic (exact) mass is 360 g/mol. The second-order valence-corrected chi connectivity index (χ2v) is 6.43. The number of hydrogen-bond acceptors (Lipinski definition) is 3. The highest BCUT2D eigenvalue weighted by Crippen LogP contribution is 2.27. The minimum Gasteiger partial charge on any atom is -0.495 e. The second kappa shape index (κ2) is 7.76. The Balaban J connectivity index is 1.70. The van der Waals surface area contributed by atoms with Gasteiger partial charge in [-0.05, 0) is 42.3 Å². The Morgan fingerprint density at radius 2 is 2.04 bits per heavy atom. The van der Waals surface area contributed by atoms with Crippen molar-refractivity contribution < 1.29 is 14.3 Å². The number of morpholine rings is 1. The van der Waals surface area contributed by atoms with Crippen LogP contribution in [0.4, 0.5) is 10.5 Å². The van der Waals surface area contributed by atoms with Crippen molar-refractivity contribution in [3.63, 3.8) is 0 Å². The molecule has 0 bridgehead atoms. The number of hydrogen-bond donors (Lipinski definition) is 1. The fraction of sp³-hybridized carbons (Fsp3) is 0.316. The summed E-state index contributed by atoms with van der Waals surface area (Å²) in [4.78, 5) is 14.4. The number of halogens is 1. The van der Waals surface area contributed by atoms with Crippen LogP contribution in [0.1, 0.15) is 17.2 Å². The van der Waals surface area contributed by atoms with Gasteiger partial charge < -0.3 is 19.7 Å². The fourth-order valence-electron chi connectivity index (χ4n) is 2.83. The smallest absolute Gasteiger partial charge is 0.322 e. The molecular formula is C19H21ClN2O3. The van der Waals surface area contributed by atoms with Gasteiger partial charge in [0.1, 0.15) is 11.9 Å². The Labute approximate surface area is 152 Å². The van der Waals surface area contributed by atoms with Gasteiger partial charge in [-0.15, -0.1) is 0 Å². The lowest BCUT2D eigenvalue weighted by Gasteiger charge is -2.33. The van der Waals surface area contributed by atoms with Crippen molar-refractivity contribution in [2.75, 3.05) is 32.1 Å². The first kappa shape index (κ1) is 17.6. The maximum Gasteiger partial charge on any atom is 0.322 e. The summed E-state index contributed by atoms with van der Waals surface area (Å²) in [5, 5.41) is 3.62. The first-order chi connectivity index (χ1) is 12.1. The van der Waals surface area contributed by atoms with Gasteiger partial charge in [0.05, 0.1) is 25.9 Å². The number of rotatable bonds is 3. The number of benzene rings is 2. The molecule has 0 spiro atoms. The van der Waals surface area contributed by atoms with Gasteiger partial charge >= 0.3 is 6.03 Å². The van der Waals surface area contributed by atoms with Crippen LogP contribution in [0.3, 0.4) is 0 Å². The standard InChI is InChI=1S/C19H21ClN2O3/c1-13-3-8-17(24-2)16(11-13)21-19(23)22-9-10-25-18(12-22)14-4-6-15(20)7-5-14/h3-8,11,18H,9-10,12H2,1-2H3,(H,21,23). The van der Waals surface area contributed by atoms with Gasteiger partial charge in [0.2, 0.25) is 0 Å². The van der Waals surface area contributed by atoms with E-state index in [0.29, 0.717) is 36.2 Å². The highest BCUT2D eigenvalue weighted by atomic mass is 35.5. The second-order valence-electron chi connectivity index (χ2n) is 5.99. The molecule has 5 nitrogen and oxygen atoms in total. The average Bonchev–Trinajstić information content (AvgIpc) is 2.62. The van der Waals surface area contributed by atoms with Crippen LogP contribution in [0, 0.1) is 6.92 Å². The number of amides is 2. The van der Waals surface area contributed by atoms with E-state index in [1.807, 2.05) is 49.4 Å². The van der Waals surface area contributed by atoms with Gasteiger partial charge in [-0.3, -0.25) is 0 Å². The molecule has 0 saturated carbocycles. The number of carbonyl (C=O) groups excluding carboxylic acids is 1. The van der Waals surface area contributed by atoms with Crippen LogP contribution in [0.5, 0.6) is 5.75 Å². The third kappa shape index (κ3) is 4.24. The topological polar surface area (TPSA) is 50.8 Å². The van der Waals surface area contributed by atoms with E-state index in [1.54, 1.807) is 12.0 Å². The molecule has 1 aliphatic heterocycles. The summed E-state index contributed by atoms with van der Waals surface area (Å²) < 4.78 is 11.1. The molecular weight excluding hydrogens is 340 g/mol. The number of aryl methyl sites for hydroxylation is 1. The van der Waals surface area contributed by atoms with Crippen LogP contribution in [-0.2, 0) is 4.74 Å². The van der Waals surface area contributed by atoms with E-state index in [4.69, 9.17) is 21.1 Å². The first-order valence-electron chi connectivity index (χ1n) is 8.14. The van der Waals surface area contributed by atoms with E-state index >= 15 is 0 Å². The van der Waals surface area contributed by atoms with Crippen molar-refractivity contribution in [3.8, 4) is 5.75 Å². The molecule has 1 saturated heterocycles. The third-order valence-corrected chi connectivity index (χ3v) is 4.44. The van der Waals surface area contributed by atoms with Crippen molar-refractivity contribution in [3.05, 3.63) is 58.6 Å². The predicted molar refractivity (Wildman–Crippen MR) is 98.5 cm³/mol. The largest absolute Gasteiger partial charge is 0.495 e. The Morgan fingerprint density at radius 1 is 1.28 bits per heavy atom. The highest BCUT2D eigenvalue weighted by molar-refractivity contribution is 6.30. The number of methoxy groups -OCH3 is 1. The number of carbonyl (C=O) groups is 1. The summed E-state index contributed by atoms with van der Waals surface area (Å²) in [6.07, 6.45) is -0.156. The summed E-state index contributed by atoms with van der Waals surface area (Å²) in [5.41, 5.74) is 2.73. The Bertz CT molecular complexity index is 749. The van der Waals surface area contributed by atoms with Gasteiger partial charge in [0.25, 0.3) is 0 Å². The quantitative estimate of drug-likeness (QED) is 0.889. The summed E-state index contributed by atoms with van der Waals surface area (Å²) in [6, 6.07) is 13.0. The molecule has 3 rings (SSSR count). The molecule has 2 amide bonds. The molecule has 25 heavy (non-hydrogen) atoms. The van der Waals surface area contributed by atoms with E-state index in [1.165, 1.54) is 0 Å². The van der Waals surface area contributed by atoms with Crippen molar-refractivity contribution in [1.82, 2.24) is 4.90 Å². The van der Waals surface area contributed by atoms with Gasteiger partial charge in [-0.1, -0.05) is 29.8 Å². The number of urea groups is 1. The highest BCUT2D eigenvalue weighted by Gasteiger charge is 2.26. The van der Waals surface area contributed by atoms with Crippen molar-refractivity contribution >= 4 is 23.3 Å². The zero-order valence-corrected chi connectivity index (χ0v) is 15.0. The third-order valence-electron chi connectivity index (χ3n) is 4.19. The number of nitrogens with one attached hydrogen (secondary N) is 1. The summed E-state index contributed by atoms with van der Waals surface area (Å²) >= 11 is 5.93. The molecule has 1 fully saturated rings. The lowest BCUT2D eigenvalue weighted by Crippen LogP contribution is -2.44. The maximum absolute atomic E-state index is 12.7. The van der Waals surface area contributed by atoms with E-state index < -0.39 is 0 Å². The number of ether oxygens (including phenoxy) is 2. The summed E-state index contributed by atoms with van der Waals surface area (Å²) in [7, 11) is 1.59. The molecule has 132 valence electrons. The van der Waals surface area contributed by atoms with Crippen LogP contribution < -0.4 is 10.1 Å². The van der Waals surface area contributed by atoms with Gasteiger partial charge in [-0.2, -0.15) is 0 Å². The number of nitrogens with zero attached hydrogens (tertiary/aromatic N) is 1. The lowest BCUT2D eigenvalue weighted by atomic mass is 10.1. The lowest BCUT2D eigenvalue weighted by molar-refractivity contribution is -0.0135. The van der Waals surface area contributed by atoms with Crippen molar-refractivity contribution in [2.24, 2.45) is 0 Å². The normalized spacial score (nSPS) is 17.2. The van der Waals surface area contributed by atoms with E-state index in [-0.39, 0.29) is 12.1 Å². The molecule has 0 aromatic heterocycles. The van der Waals surface area contributed by atoms with Gasteiger partial charge in [0, 0.05) is 11.6 Å². The first-order valence-corrected chi connectivity index (χ1v) is 8.52. The minimum absolute atomic E-state index is 0.156. The van der Waals surface area contributed by atoms with Crippen LogP contribution in [0.15, 0.2) is 42.5 Å². The van der Waals surface area contributed by atoms with Gasteiger partial charge in [-0.25, -0.2) is 4.79 Å². The van der Waals surface area contributed by atoms with Crippen LogP contribution in [0.25, 0.3) is 0 Å².